The van der Waals surface area contributed by atoms with Crippen molar-refractivity contribution in [1.82, 2.24) is 16.0 Å². The van der Waals surface area contributed by atoms with E-state index in [1.807, 2.05) is 6.07 Å². The average molecular weight is 563 g/mol. The third kappa shape index (κ3) is 9.75. The molecule has 8 N–H and O–H groups in total. The van der Waals surface area contributed by atoms with Crippen LogP contribution < -0.4 is 21.7 Å². The van der Waals surface area contributed by atoms with Crippen LogP contribution in [0.2, 0.25) is 0 Å². The van der Waals surface area contributed by atoms with Crippen molar-refractivity contribution in [3.63, 3.8) is 0 Å². The Balaban J connectivity index is 1.72. The van der Waals surface area contributed by atoms with Crippen molar-refractivity contribution in [3.8, 4) is 5.75 Å². The predicted octanol–water partition coefficient (Wildman–Crippen LogP) is 0.279. The lowest BCUT2D eigenvalue weighted by atomic mass is 10.0. The Hall–Kier alpha value is -4.74. The van der Waals surface area contributed by atoms with Gasteiger partial charge in [0.05, 0.1) is 12.6 Å². The number of aromatic hydroxyl groups is 1. The summed E-state index contributed by atoms with van der Waals surface area (Å²) in [4.78, 5) is 51.0. The number of hydrogen-bond acceptors (Lipinski definition) is 7. The first-order valence-electron chi connectivity index (χ1n) is 13.0. The molecule has 3 aromatic carbocycles. The molecule has 216 valence electrons. The van der Waals surface area contributed by atoms with Gasteiger partial charge in [-0.15, -0.1) is 0 Å². The van der Waals surface area contributed by atoms with Crippen LogP contribution in [0.3, 0.4) is 0 Å². The van der Waals surface area contributed by atoms with Crippen LogP contribution in [-0.4, -0.2) is 69.8 Å². The van der Waals surface area contributed by atoms with E-state index in [0.717, 1.165) is 5.56 Å². The van der Waals surface area contributed by atoms with Crippen LogP contribution in [0.15, 0.2) is 84.9 Å². The summed E-state index contributed by atoms with van der Waals surface area (Å²) in [6, 6.07) is 18.7. The van der Waals surface area contributed by atoms with E-state index in [9.17, 15) is 34.5 Å². The van der Waals surface area contributed by atoms with Crippen molar-refractivity contribution >= 4 is 23.7 Å². The summed E-state index contributed by atoms with van der Waals surface area (Å²) in [5.74, 6) is -3.57. The maximum absolute atomic E-state index is 13.3. The molecule has 3 rings (SSSR count). The predicted molar refractivity (Wildman–Crippen MR) is 151 cm³/mol. The highest BCUT2D eigenvalue weighted by atomic mass is 16.4. The van der Waals surface area contributed by atoms with Gasteiger partial charge in [-0.2, -0.15) is 0 Å². The average Bonchev–Trinajstić information content (AvgIpc) is 2.97. The van der Waals surface area contributed by atoms with Gasteiger partial charge in [-0.05, 0) is 35.2 Å². The molecule has 4 atom stereocenters. The zero-order chi connectivity index (χ0) is 29.8. The third-order valence-corrected chi connectivity index (χ3v) is 6.36. The lowest BCUT2D eigenvalue weighted by molar-refractivity contribution is -0.142. The fraction of sp³-hybridized carbons (Fsp3) is 0.267. The van der Waals surface area contributed by atoms with Crippen LogP contribution in [0.5, 0.6) is 5.75 Å². The molecule has 0 aromatic heterocycles. The Kier molecular flexibility index (Phi) is 11.4. The number of carbonyl (C=O) groups is 4. The molecule has 4 unspecified atom stereocenters. The quantitative estimate of drug-likeness (QED) is 0.146. The number of phenolic OH excluding ortho intramolecular Hbond substituents is 1. The van der Waals surface area contributed by atoms with E-state index in [4.69, 9.17) is 5.73 Å². The van der Waals surface area contributed by atoms with Crippen molar-refractivity contribution in [2.24, 2.45) is 5.73 Å². The van der Waals surface area contributed by atoms with Gasteiger partial charge in [-0.25, -0.2) is 4.79 Å². The van der Waals surface area contributed by atoms with E-state index in [1.165, 1.54) is 12.1 Å². The summed E-state index contributed by atoms with van der Waals surface area (Å²) in [6.07, 6.45) is 0.155. The number of nitrogens with two attached hydrogens (primary N) is 1. The molecule has 11 heteroatoms. The molecule has 0 aliphatic rings. The smallest absolute Gasteiger partial charge is 0.326 e. The highest BCUT2D eigenvalue weighted by molar-refractivity contribution is 5.94. The number of amides is 3. The zero-order valence-corrected chi connectivity index (χ0v) is 22.3. The van der Waals surface area contributed by atoms with E-state index in [-0.39, 0.29) is 25.0 Å². The number of aliphatic hydroxyl groups excluding tert-OH is 1. The molecule has 0 heterocycles. The molecule has 0 aliphatic heterocycles. The largest absolute Gasteiger partial charge is 0.508 e. The summed E-state index contributed by atoms with van der Waals surface area (Å²) in [6.45, 7) is -0.769. The second kappa shape index (κ2) is 15.2. The first kappa shape index (κ1) is 30.8. The third-order valence-electron chi connectivity index (χ3n) is 6.36. The second-order valence-electron chi connectivity index (χ2n) is 9.56. The summed E-state index contributed by atoms with van der Waals surface area (Å²) in [7, 11) is 0. The SMILES string of the molecule is NC(Cc1ccccc1)C(=O)NC(CO)C(=O)NC(Cc1ccc(O)cc1)C(=O)NC(Cc1ccccc1)C(=O)O. The molecule has 3 amide bonds. The van der Waals surface area contributed by atoms with Gasteiger partial charge in [0.1, 0.15) is 23.9 Å². The van der Waals surface area contributed by atoms with Gasteiger partial charge < -0.3 is 37.0 Å². The highest BCUT2D eigenvalue weighted by Gasteiger charge is 2.30. The molecule has 0 saturated heterocycles. The van der Waals surface area contributed by atoms with Gasteiger partial charge in [-0.1, -0.05) is 72.8 Å². The summed E-state index contributed by atoms with van der Waals surface area (Å²) < 4.78 is 0. The topological polar surface area (TPSA) is 191 Å². The number of benzene rings is 3. The Morgan fingerprint density at radius 3 is 1.59 bits per heavy atom. The van der Waals surface area contributed by atoms with Crippen LogP contribution in [0.4, 0.5) is 0 Å². The molecule has 3 aromatic rings. The molecule has 0 fully saturated rings. The van der Waals surface area contributed by atoms with E-state index in [1.54, 1.807) is 66.7 Å². The second-order valence-corrected chi connectivity index (χ2v) is 9.56. The number of phenols is 1. The van der Waals surface area contributed by atoms with Gasteiger partial charge in [0.2, 0.25) is 17.7 Å². The maximum atomic E-state index is 13.3. The Morgan fingerprint density at radius 1 is 0.610 bits per heavy atom. The minimum absolute atomic E-state index is 0.00230. The molecule has 11 nitrogen and oxygen atoms in total. The van der Waals surface area contributed by atoms with Crippen molar-refractivity contribution in [3.05, 3.63) is 102 Å². The fourth-order valence-electron chi connectivity index (χ4n) is 4.11. The molecule has 0 aliphatic carbocycles. The van der Waals surface area contributed by atoms with Crippen LogP contribution in [0, 0.1) is 0 Å². The van der Waals surface area contributed by atoms with Crippen molar-refractivity contribution in [2.45, 2.75) is 43.4 Å². The van der Waals surface area contributed by atoms with Crippen molar-refractivity contribution in [1.29, 1.82) is 0 Å². The monoisotopic (exact) mass is 562 g/mol. The van der Waals surface area contributed by atoms with Gasteiger partial charge in [0.25, 0.3) is 0 Å². The first-order valence-corrected chi connectivity index (χ1v) is 13.0. The maximum Gasteiger partial charge on any atom is 0.326 e. The first-order chi connectivity index (χ1) is 19.7. The highest BCUT2D eigenvalue weighted by Crippen LogP contribution is 2.12. The van der Waals surface area contributed by atoms with Crippen LogP contribution in [0.25, 0.3) is 0 Å². The summed E-state index contributed by atoms with van der Waals surface area (Å²) >= 11 is 0. The molecule has 0 spiro atoms. The van der Waals surface area contributed by atoms with E-state index in [2.05, 4.69) is 16.0 Å². The Labute approximate surface area is 237 Å². The number of carbonyl (C=O) groups excluding carboxylic acids is 3. The van der Waals surface area contributed by atoms with Gasteiger partial charge >= 0.3 is 5.97 Å². The van der Waals surface area contributed by atoms with E-state index in [0.29, 0.717) is 11.1 Å². The van der Waals surface area contributed by atoms with Gasteiger partial charge in [0.15, 0.2) is 0 Å². The minimum Gasteiger partial charge on any atom is -0.508 e. The molecule has 0 saturated carbocycles. The van der Waals surface area contributed by atoms with Gasteiger partial charge in [0, 0.05) is 12.8 Å². The van der Waals surface area contributed by atoms with Crippen LogP contribution >= 0.6 is 0 Å². The number of aliphatic hydroxyl groups is 1. The molecule has 0 radical (unpaired) electrons. The standard InChI is InChI=1S/C30H34N4O7/c31-23(15-19-7-3-1-4-8-19)27(37)34-26(18-35)29(39)32-24(16-21-11-13-22(36)14-12-21)28(38)33-25(30(40)41)17-20-9-5-2-6-10-20/h1-14,23-26,35-36H,15-18,31H2,(H,32,39)(H,33,38)(H,34,37)(H,40,41). The Bertz CT molecular complexity index is 1300. The summed E-state index contributed by atoms with van der Waals surface area (Å²) in [5.41, 5.74) is 8.06. The Morgan fingerprint density at radius 2 is 1.05 bits per heavy atom. The van der Waals surface area contributed by atoms with Crippen LogP contribution in [-0.2, 0) is 38.4 Å². The number of nitrogens with one attached hydrogen (secondary N) is 3. The number of hydrogen-bond donors (Lipinski definition) is 7. The van der Waals surface area contributed by atoms with Crippen molar-refractivity contribution < 1.29 is 34.5 Å². The van der Waals surface area contributed by atoms with E-state index < -0.39 is 54.5 Å². The molecular weight excluding hydrogens is 528 g/mol. The van der Waals surface area contributed by atoms with E-state index >= 15 is 0 Å². The van der Waals surface area contributed by atoms with Crippen molar-refractivity contribution in [2.75, 3.05) is 6.61 Å². The number of rotatable bonds is 14. The molecule has 41 heavy (non-hydrogen) atoms. The number of aliphatic carboxylic acids is 1. The lowest BCUT2D eigenvalue weighted by Gasteiger charge is -2.24. The zero-order valence-electron chi connectivity index (χ0n) is 22.3. The fourth-order valence-corrected chi connectivity index (χ4v) is 4.11. The molecule has 0 bridgehead atoms. The number of carboxylic acids is 1. The number of carboxylic acid groups (broad SMARTS) is 1. The van der Waals surface area contributed by atoms with Gasteiger partial charge in [-0.3, -0.25) is 14.4 Å². The molecular formula is C30H34N4O7. The van der Waals surface area contributed by atoms with Crippen LogP contribution in [0.1, 0.15) is 16.7 Å². The summed E-state index contributed by atoms with van der Waals surface area (Å²) in [5, 5.41) is 36.6. The minimum atomic E-state index is -1.42. The lowest BCUT2D eigenvalue weighted by Crippen LogP contribution is -2.58. The normalized spacial score (nSPS) is 13.7.